The van der Waals surface area contributed by atoms with Gasteiger partial charge in [0.1, 0.15) is 5.82 Å². The normalized spacial score (nSPS) is 11.3. The van der Waals surface area contributed by atoms with Crippen molar-refractivity contribution in [2.24, 2.45) is 0 Å². The van der Waals surface area contributed by atoms with Crippen molar-refractivity contribution < 1.29 is 22.7 Å². The molecule has 0 aliphatic rings. The average Bonchev–Trinajstić information content (AvgIpc) is 2.44. The summed E-state index contributed by atoms with van der Waals surface area (Å²) in [4.78, 5) is 11.0. The van der Waals surface area contributed by atoms with E-state index in [-0.39, 0.29) is 16.1 Å². The Balaban J connectivity index is 2.53. The van der Waals surface area contributed by atoms with Crippen LogP contribution in [0.4, 0.5) is 10.1 Å². The molecule has 0 saturated heterocycles. The second kappa shape index (κ2) is 6.00. The van der Waals surface area contributed by atoms with Crippen LogP contribution in [0.3, 0.4) is 0 Å². The van der Waals surface area contributed by atoms with Crippen LogP contribution in [-0.4, -0.2) is 19.5 Å². The van der Waals surface area contributed by atoms with Gasteiger partial charge in [0, 0.05) is 0 Å². The van der Waals surface area contributed by atoms with Crippen LogP contribution in [0, 0.1) is 26.6 Å². The van der Waals surface area contributed by atoms with E-state index < -0.39 is 21.8 Å². The molecule has 0 fully saturated rings. The largest absolute Gasteiger partial charge is 0.478 e. The van der Waals surface area contributed by atoms with E-state index in [9.17, 15) is 17.6 Å². The molecule has 0 amide bonds. The molecule has 2 rings (SSSR count). The first kappa shape index (κ1) is 17.0. The molecule has 2 aromatic carbocycles. The number of benzene rings is 2. The molecule has 7 heteroatoms. The van der Waals surface area contributed by atoms with Crippen molar-refractivity contribution in [2.75, 3.05) is 4.72 Å². The Kier molecular flexibility index (Phi) is 4.42. The SMILES string of the molecule is Cc1cc(F)ccc1NS(=O)(=O)c1cc(C(=O)O)cc(C)c1C. The van der Waals surface area contributed by atoms with Gasteiger partial charge in [-0.15, -0.1) is 0 Å². The van der Waals surface area contributed by atoms with Crippen LogP contribution in [0.1, 0.15) is 27.0 Å². The monoisotopic (exact) mass is 337 g/mol. The minimum atomic E-state index is -3.99. The molecule has 0 aliphatic carbocycles. The number of aryl methyl sites for hydroxylation is 2. The van der Waals surface area contributed by atoms with Crippen LogP contribution in [0.15, 0.2) is 35.2 Å². The highest BCUT2D eigenvalue weighted by molar-refractivity contribution is 7.92. The number of carboxylic acid groups (broad SMARTS) is 1. The maximum atomic E-state index is 13.1. The summed E-state index contributed by atoms with van der Waals surface area (Å²) >= 11 is 0. The number of rotatable bonds is 4. The summed E-state index contributed by atoms with van der Waals surface area (Å²) in [6.45, 7) is 4.82. The first-order valence-corrected chi connectivity index (χ1v) is 8.23. The van der Waals surface area contributed by atoms with E-state index in [0.717, 1.165) is 12.1 Å². The molecule has 5 nitrogen and oxygen atoms in total. The van der Waals surface area contributed by atoms with Gasteiger partial charge in [-0.3, -0.25) is 4.72 Å². The average molecular weight is 337 g/mol. The molecule has 23 heavy (non-hydrogen) atoms. The fourth-order valence-corrected chi connectivity index (χ4v) is 3.65. The van der Waals surface area contributed by atoms with E-state index in [1.54, 1.807) is 20.8 Å². The number of anilines is 1. The minimum Gasteiger partial charge on any atom is -0.478 e. The maximum absolute atomic E-state index is 13.1. The predicted molar refractivity (Wildman–Crippen MR) is 84.8 cm³/mol. The Bertz CT molecular complexity index is 891. The molecule has 122 valence electrons. The third-order valence-electron chi connectivity index (χ3n) is 3.59. The van der Waals surface area contributed by atoms with Crippen molar-refractivity contribution >= 4 is 21.7 Å². The van der Waals surface area contributed by atoms with Gasteiger partial charge in [0.05, 0.1) is 16.1 Å². The lowest BCUT2D eigenvalue weighted by Crippen LogP contribution is -2.16. The number of halogens is 1. The van der Waals surface area contributed by atoms with E-state index in [0.29, 0.717) is 16.7 Å². The van der Waals surface area contributed by atoms with E-state index in [1.807, 2.05) is 0 Å². The van der Waals surface area contributed by atoms with Gasteiger partial charge in [-0.1, -0.05) is 0 Å². The highest BCUT2D eigenvalue weighted by Crippen LogP contribution is 2.25. The predicted octanol–water partition coefficient (Wildman–Crippen LogP) is 3.25. The maximum Gasteiger partial charge on any atom is 0.335 e. The molecule has 0 aliphatic heterocycles. The Morgan fingerprint density at radius 2 is 1.74 bits per heavy atom. The topological polar surface area (TPSA) is 83.5 Å². The minimum absolute atomic E-state index is 0.107. The molecule has 0 saturated carbocycles. The number of hydrogen-bond acceptors (Lipinski definition) is 3. The van der Waals surface area contributed by atoms with E-state index >= 15 is 0 Å². The summed E-state index contributed by atoms with van der Waals surface area (Å²) in [5, 5.41) is 9.10. The standard InChI is InChI=1S/C16H16FNO4S/c1-9-6-12(16(19)20)8-15(11(9)3)23(21,22)18-14-5-4-13(17)7-10(14)2/h4-8,18H,1-3H3,(H,19,20). The second-order valence-electron chi connectivity index (χ2n) is 5.29. The van der Waals surface area contributed by atoms with E-state index in [2.05, 4.69) is 4.72 Å². The van der Waals surface area contributed by atoms with Gasteiger partial charge >= 0.3 is 5.97 Å². The number of hydrogen-bond donors (Lipinski definition) is 2. The van der Waals surface area contributed by atoms with Gasteiger partial charge in [-0.25, -0.2) is 17.6 Å². The van der Waals surface area contributed by atoms with Gasteiger partial charge in [0.25, 0.3) is 10.0 Å². The number of sulfonamides is 1. The zero-order valence-electron chi connectivity index (χ0n) is 12.8. The Labute approximate surface area is 133 Å². The highest BCUT2D eigenvalue weighted by Gasteiger charge is 2.21. The second-order valence-corrected chi connectivity index (χ2v) is 6.94. The Morgan fingerprint density at radius 3 is 2.30 bits per heavy atom. The van der Waals surface area contributed by atoms with Crippen LogP contribution >= 0.6 is 0 Å². The number of nitrogens with one attached hydrogen (secondary N) is 1. The van der Waals surface area contributed by atoms with Crippen molar-refractivity contribution in [3.8, 4) is 0 Å². The molecule has 0 heterocycles. The molecule has 0 unspecified atom stereocenters. The van der Waals surface area contributed by atoms with Gasteiger partial charge in [-0.05, 0) is 67.8 Å². The summed E-state index contributed by atoms with van der Waals surface area (Å²) in [6, 6.07) is 6.22. The van der Waals surface area contributed by atoms with Crippen LogP contribution in [0.2, 0.25) is 0 Å². The molecular formula is C16H16FNO4S. The lowest BCUT2D eigenvalue weighted by atomic mass is 10.1. The Morgan fingerprint density at radius 1 is 1.09 bits per heavy atom. The smallest absolute Gasteiger partial charge is 0.335 e. The molecule has 0 aromatic heterocycles. The summed E-state index contributed by atoms with van der Waals surface area (Å²) in [5.74, 6) is -1.67. The van der Waals surface area contributed by atoms with Crippen molar-refractivity contribution in [1.29, 1.82) is 0 Å². The number of carboxylic acids is 1. The molecule has 0 atom stereocenters. The van der Waals surface area contributed by atoms with Gasteiger partial charge in [-0.2, -0.15) is 0 Å². The first-order valence-electron chi connectivity index (χ1n) is 6.75. The fourth-order valence-electron chi connectivity index (χ4n) is 2.17. The molecule has 0 bridgehead atoms. The third kappa shape index (κ3) is 3.50. The summed E-state index contributed by atoms with van der Waals surface area (Å²) in [5.41, 5.74) is 1.58. The van der Waals surface area contributed by atoms with Crippen LogP contribution in [-0.2, 0) is 10.0 Å². The molecule has 2 N–H and O–H groups in total. The zero-order chi connectivity index (χ0) is 17.4. The fraction of sp³-hybridized carbons (Fsp3) is 0.188. The van der Waals surface area contributed by atoms with Crippen molar-refractivity contribution in [3.63, 3.8) is 0 Å². The van der Waals surface area contributed by atoms with Crippen molar-refractivity contribution in [3.05, 3.63) is 58.4 Å². The summed E-state index contributed by atoms with van der Waals surface area (Å²) in [7, 11) is -3.99. The van der Waals surface area contributed by atoms with Crippen LogP contribution < -0.4 is 4.72 Å². The third-order valence-corrected chi connectivity index (χ3v) is 5.08. The molecule has 0 spiro atoms. The summed E-state index contributed by atoms with van der Waals surface area (Å²) in [6.07, 6.45) is 0. The molecular weight excluding hydrogens is 321 g/mol. The lowest BCUT2D eigenvalue weighted by molar-refractivity contribution is 0.0696. The highest BCUT2D eigenvalue weighted by atomic mass is 32.2. The first-order chi connectivity index (χ1) is 10.6. The number of carbonyl (C=O) groups is 1. The van der Waals surface area contributed by atoms with Gasteiger partial charge in [0.15, 0.2) is 0 Å². The van der Waals surface area contributed by atoms with Crippen LogP contribution in [0.5, 0.6) is 0 Å². The van der Waals surface area contributed by atoms with Crippen molar-refractivity contribution in [2.45, 2.75) is 25.7 Å². The zero-order valence-corrected chi connectivity index (χ0v) is 13.7. The van der Waals surface area contributed by atoms with Gasteiger partial charge in [0.2, 0.25) is 0 Å². The van der Waals surface area contributed by atoms with E-state index in [1.165, 1.54) is 18.2 Å². The lowest BCUT2D eigenvalue weighted by Gasteiger charge is -2.14. The number of aromatic carboxylic acids is 1. The van der Waals surface area contributed by atoms with Crippen LogP contribution in [0.25, 0.3) is 0 Å². The molecule has 2 aromatic rings. The van der Waals surface area contributed by atoms with E-state index in [4.69, 9.17) is 5.11 Å². The molecule has 0 radical (unpaired) electrons. The quantitative estimate of drug-likeness (QED) is 0.897. The summed E-state index contributed by atoms with van der Waals surface area (Å²) < 4.78 is 40.7. The van der Waals surface area contributed by atoms with Gasteiger partial charge < -0.3 is 5.11 Å². The van der Waals surface area contributed by atoms with Crippen molar-refractivity contribution in [1.82, 2.24) is 0 Å². The Hall–Kier alpha value is -2.41.